The van der Waals surface area contributed by atoms with Crippen LogP contribution in [-0.4, -0.2) is 34.0 Å². The van der Waals surface area contributed by atoms with Crippen LogP contribution in [0.25, 0.3) is 0 Å². The molecule has 6 nitrogen and oxygen atoms in total. The van der Waals surface area contributed by atoms with Gasteiger partial charge in [0.2, 0.25) is 0 Å². The van der Waals surface area contributed by atoms with Gasteiger partial charge in [-0.15, -0.1) is 0 Å². The molecule has 0 saturated carbocycles. The fourth-order valence-corrected chi connectivity index (χ4v) is 8.44. The van der Waals surface area contributed by atoms with Gasteiger partial charge in [-0.05, 0) is 117 Å². The zero-order valence-electron chi connectivity index (χ0n) is 39.3. The molecule has 6 heteroatoms. The van der Waals surface area contributed by atoms with Crippen molar-refractivity contribution in [1.29, 1.82) is 0 Å². The summed E-state index contributed by atoms with van der Waals surface area (Å²) in [5.74, 6) is 0.722. The Balaban J connectivity index is 1.34. The Labute approximate surface area is 385 Å². The molecule has 0 bridgehead atoms. The van der Waals surface area contributed by atoms with Crippen molar-refractivity contribution in [3.8, 4) is 17.2 Å². The molecule has 0 aliphatic carbocycles. The number of nitrogens with zero attached hydrogens (tertiary/aromatic N) is 3. The van der Waals surface area contributed by atoms with Crippen LogP contribution in [0, 0.1) is 6.92 Å². The van der Waals surface area contributed by atoms with Crippen LogP contribution < -0.4 is 0 Å². The Morgan fingerprint density at radius 2 is 0.585 bits per heavy atom. The highest BCUT2D eigenvalue weighted by atomic mass is 16.3. The van der Waals surface area contributed by atoms with Crippen LogP contribution in [0.3, 0.4) is 0 Å². The second kappa shape index (κ2) is 18.2. The minimum Gasteiger partial charge on any atom is -0.507 e. The molecule has 0 aromatic heterocycles. The number of benzene rings is 7. The van der Waals surface area contributed by atoms with Crippen molar-refractivity contribution in [2.24, 2.45) is 15.0 Å². The van der Waals surface area contributed by atoms with Gasteiger partial charge in [0, 0.05) is 35.3 Å². The summed E-state index contributed by atoms with van der Waals surface area (Å²) in [5.41, 5.74) is 10.7. The second-order valence-corrected chi connectivity index (χ2v) is 20.0. The van der Waals surface area contributed by atoms with Gasteiger partial charge in [-0.1, -0.05) is 165 Å². The van der Waals surface area contributed by atoms with Crippen molar-refractivity contribution >= 4 is 35.7 Å². The van der Waals surface area contributed by atoms with Gasteiger partial charge in [0.15, 0.2) is 0 Å². The molecule has 0 aliphatic rings. The molecule has 0 heterocycles. The third kappa shape index (κ3) is 9.88. The topological polar surface area (TPSA) is 97.8 Å². The van der Waals surface area contributed by atoms with Crippen LogP contribution in [0.2, 0.25) is 0 Å². The monoisotopic (exact) mass is 859 g/mol. The van der Waals surface area contributed by atoms with Crippen molar-refractivity contribution in [2.75, 3.05) is 0 Å². The molecular weight excluding hydrogens is 799 g/mol. The molecule has 7 aromatic rings. The third-order valence-electron chi connectivity index (χ3n) is 12.1. The summed E-state index contributed by atoms with van der Waals surface area (Å²) in [6.07, 6.45) is 5.18. The Hall–Kier alpha value is -7.05. The Bertz CT molecular complexity index is 2590. The van der Waals surface area contributed by atoms with E-state index in [4.69, 9.17) is 15.0 Å². The normalized spacial score (nSPS) is 13.5. The lowest BCUT2D eigenvalue weighted by Crippen LogP contribution is -2.31. The van der Waals surface area contributed by atoms with Crippen LogP contribution in [-0.2, 0) is 21.7 Å². The first kappa shape index (κ1) is 46.0. The number of hydrogen-bond acceptors (Lipinski definition) is 6. The maximum atomic E-state index is 11.1. The lowest BCUT2D eigenvalue weighted by atomic mass is 9.65. The van der Waals surface area contributed by atoms with E-state index in [1.165, 1.54) is 0 Å². The van der Waals surface area contributed by atoms with E-state index in [1.54, 1.807) is 18.6 Å². The molecular formula is C59H61N3O3. The maximum absolute atomic E-state index is 11.1. The van der Waals surface area contributed by atoms with Crippen molar-refractivity contribution in [1.82, 2.24) is 0 Å². The van der Waals surface area contributed by atoms with Gasteiger partial charge in [0.25, 0.3) is 0 Å². The molecule has 0 saturated heterocycles. The van der Waals surface area contributed by atoms with Gasteiger partial charge in [-0.2, -0.15) is 0 Å². The van der Waals surface area contributed by atoms with E-state index in [0.29, 0.717) is 16.7 Å². The van der Waals surface area contributed by atoms with E-state index >= 15 is 0 Å². The largest absolute Gasteiger partial charge is 0.507 e. The Morgan fingerprint density at radius 1 is 0.338 bits per heavy atom. The van der Waals surface area contributed by atoms with Crippen LogP contribution in [0.4, 0.5) is 17.1 Å². The van der Waals surface area contributed by atoms with Gasteiger partial charge in [-0.25, -0.2) is 0 Å². The fraction of sp³-hybridized carbons (Fsp3) is 0.237. The summed E-state index contributed by atoms with van der Waals surface area (Å²) in [5, 5.41) is 33.4. The van der Waals surface area contributed by atoms with Gasteiger partial charge in [0.1, 0.15) is 17.2 Å². The number of rotatable bonds is 10. The van der Waals surface area contributed by atoms with Crippen LogP contribution in [0.1, 0.15) is 124 Å². The predicted octanol–water partition coefficient (Wildman–Crippen LogP) is 14.6. The van der Waals surface area contributed by atoms with Gasteiger partial charge in [-0.3, -0.25) is 15.0 Å². The highest BCUT2D eigenvalue weighted by Crippen LogP contribution is 2.47. The zero-order chi connectivity index (χ0) is 46.7. The van der Waals surface area contributed by atoms with Crippen LogP contribution in [0.15, 0.2) is 167 Å². The van der Waals surface area contributed by atoms with E-state index in [2.05, 4.69) is 130 Å². The quantitative estimate of drug-likeness (QED) is 0.0944. The van der Waals surface area contributed by atoms with Crippen LogP contribution in [0.5, 0.6) is 17.2 Å². The molecule has 0 radical (unpaired) electrons. The standard InChI is InChI=1S/C59H61N3O3/c1-39-20-22-43(23-21-39)59(44-24-30-47(31-25-44)60-36-40-14-11-17-50(53(40)63)56(2,3)4,45-26-32-48(33-27-45)61-37-41-15-12-18-51(54(41)64)57(5,6)7)46-28-34-49(35-29-46)62-38-42-16-13-19-52(55(42)65)58(8,9)10/h11-38,63-65H,1-10H3. The SMILES string of the molecule is Cc1ccc(C(c2ccc(N=Cc3cccc(C(C)(C)C)c3O)cc2)(c2ccc(N=Cc3cccc(C(C)(C)C)c3O)cc2)c2ccc(N=Cc3cccc(C(C)(C)C)c3O)cc2)cc1. The third-order valence-corrected chi connectivity index (χ3v) is 12.1. The molecule has 0 aliphatic heterocycles. The van der Waals surface area contributed by atoms with E-state index in [-0.39, 0.29) is 33.5 Å². The second-order valence-electron chi connectivity index (χ2n) is 20.0. The fourth-order valence-electron chi connectivity index (χ4n) is 8.44. The summed E-state index contributed by atoms with van der Waals surface area (Å²) in [6, 6.07) is 51.0. The van der Waals surface area contributed by atoms with Crippen molar-refractivity contribution in [3.63, 3.8) is 0 Å². The minimum atomic E-state index is -0.793. The smallest absolute Gasteiger partial charge is 0.128 e. The van der Waals surface area contributed by atoms with Gasteiger partial charge >= 0.3 is 0 Å². The molecule has 7 aromatic carbocycles. The summed E-state index contributed by atoms with van der Waals surface area (Å²) < 4.78 is 0. The number of hydrogen-bond donors (Lipinski definition) is 3. The van der Waals surface area contributed by atoms with Crippen molar-refractivity contribution in [3.05, 3.63) is 213 Å². The number of phenolic OH excluding ortho intramolecular Hbond substituents is 3. The molecule has 0 amide bonds. The molecule has 330 valence electrons. The minimum absolute atomic E-state index is 0.216. The van der Waals surface area contributed by atoms with E-state index in [1.807, 2.05) is 91.0 Å². The molecule has 0 unspecified atom stereocenters. The van der Waals surface area contributed by atoms with E-state index in [0.717, 1.165) is 61.6 Å². The van der Waals surface area contributed by atoms with Gasteiger partial charge in [0.05, 0.1) is 22.5 Å². The average Bonchev–Trinajstić information content (AvgIpc) is 3.26. The van der Waals surface area contributed by atoms with E-state index in [9.17, 15) is 15.3 Å². The predicted molar refractivity (Wildman–Crippen MR) is 272 cm³/mol. The van der Waals surface area contributed by atoms with Crippen LogP contribution >= 0.6 is 0 Å². The average molecular weight is 860 g/mol. The number of aliphatic imine (C=N–C) groups is 3. The van der Waals surface area contributed by atoms with Crippen molar-refractivity contribution in [2.45, 2.75) is 90.9 Å². The molecule has 7 rings (SSSR count). The first-order valence-electron chi connectivity index (χ1n) is 22.2. The number of phenols is 3. The molecule has 65 heavy (non-hydrogen) atoms. The molecule has 0 fully saturated rings. The Kier molecular flexibility index (Phi) is 12.9. The summed E-state index contributed by atoms with van der Waals surface area (Å²) >= 11 is 0. The Morgan fingerprint density at radius 3 is 0.831 bits per heavy atom. The molecule has 0 atom stereocenters. The first-order valence-corrected chi connectivity index (χ1v) is 22.2. The summed E-state index contributed by atoms with van der Waals surface area (Å²) in [7, 11) is 0. The molecule has 3 N–H and O–H groups in total. The zero-order valence-corrected chi connectivity index (χ0v) is 39.3. The summed E-state index contributed by atoms with van der Waals surface area (Å²) in [4.78, 5) is 14.5. The maximum Gasteiger partial charge on any atom is 0.128 e. The summed E-state index contributed by atoms with van der Waals surface area (Å²) in [6.45, 7) is 20.9. The first-order chi connectivity index (χ1) is 30.8. The number of aryl methyl sites for hydroxylation is 1. The number of aromatic hydroxyl groups is 3. The lowest BCUT2D eigenvalue weighted by Gasteiger charge is -2.37. The van der Waals surface area contributed by atoms with E-state index < -0.39 is 5.41 Å². The molecule has 0 spiro atoms. The van der Waals surface area contributed by atoms with Crippen molar-refractivity contribution < 1.29 is 15.3 Å². The lowest BCUT2D eigenvalue weighted by molar-refractivity contribution is 0.445. The van der Waals surface area contributed by atoms with Gasteiger partial charge < -0.3 is 15.3 Å². The highest BCUT2D eigenvalue weighted by Gasteiger charge is 2.38. The number of para-hydroxylation sites is 3. The highest BCUT2D eigenvalue weighted by molar-refractivity contribution is 5.88.